The average molecular weight is 254 g/mol. The van der Waals surface area contributed by atoms with Crippen molar-refractivity contribution < 1.29 is 8.42 Å². The van der Waals surface area contributed by atoms with E-state index in [2.05, 4.69) is 6.92 Å². The van der Waals surface area contributed by atoms with Crippen molar-refractivity contribution in [2.45, 2.75) is 19.1 Å². The summed E-state index contributed by atoms with van der Waals surface area (Å²) in [6.45, 7) is 3.34. The first-order valence-electron chi connectivity index (χ1n) is 5.80. The van der Waals surface area contributed by atoms with Gasteiger partial charge in [-0.3, -0.25) is 0 Å². The highest BCUT2D eigenvalue weighted by atomic mass is 32.2. The van der Waals surface area contributed by atoms with Crippen LogP contribution < -0.4 is 5.73 Å². The molecule has 2 N–H and O–H groups in total. The summed E-state index contributed by atoms with van der Waals surface area (Å²) in [5.41, 5.74) is 7.00. The third-order valence-electron chi connectivity index (χ3n) is 3.17. The van der Waals surface area contributed by atoms with Crippen molar-refractivity contribution in [1.82, 2.24) is 4.31 Å². The molecule has 0 bridgehead atoms. The quantitative estimate of drug-likeness (QED) is 0.830. The summed E-state index contributed by atoms with van der Waals surface area (Å²) in [5, 5.41) is 0. The van der Waals surface area contributed by atoms with Gasteiger partial charge in [-0.25, -0.2) is 12.7 Å². The van der Waals surface area contributed by atoms with Crippen LogP contribution in [0.5, 0.6) is 0 Å². The lowest BCUT2D eigenvalue weighted by molar-refractivity contribution is 0.463. The van der Waals surface area contributed by atoms with E-state index in [4.69, 9.17) is 5.73 Å². The van der Waals surface area contributed by atoms with Crippen molar-refractivity contribution in [3.8, 4) is 0 Å². The molecule has 1 aliphatic heterocycles. The third kappa shape index (κ3) is 2.79. The monoisotopic (exact) mass is 254 g/mol. The van der Waals surface area contributed by atoms with E-state index in [1.807, 2.05) is 12.1 Å². The Morgan fingerprint density at radius 3 is 2.71 bits per heavy atom. The lowest BCUT2D eigenvalue weighted by Gasteiger charge is -2.16. The molecule has 94 valence electrons. The van der Waals surface area contributed by atoms with Crippen LogP contribution >= 0.6 is 0 Å². The van der Waals surface area contributed by atoms with Crippen LogP contribution in [0.15, 0.2) is 24.3 Å². The number of sulfonamides is 1. The summed E-state index contributed by atoms with van der Waals surface area (Å²) in [7, 11) is -3.22. The van der Waals surface area contributed by atoms with Crippen molar-refractivity contribution in [3.05, 3.63) is 29.8 Å². The van der Waals surface area contributed by atoms with E-state index in [-0.39, 0.29) is 5.75 Å². The number of nitrogens with two attached hydrogens (primary N) is 1. The highest BCUT2D eigenvalue weighted by Crippen LogP contribution is 2.22. The van der Waals surface area contributed by atoms with Crippen LogP contribution in [0.2, 0.25) is 0 Å². The number of hydrogen-bond acceptors (Lipinski definition) is 3. The second-order valence-corrected chi connectivity index (χ2v) is 6.68. The molecule has 0 radical (unpaired) electrons. The fourth-order valence-corrected chi connectivity index (χ4v) is 3.80. The Balaban J connectivity index is 2.15. The number of nitrogen functional groups attached to an aromatic ring is 1. The zero-order valence-electron chi connectivity index (χ0n) is 9.96. The Labute approximate surface area is 102 Å². The Bertz CT molecular complexity index is 499. The maximum atomic E-state index is 12.2. The zero-order chi connectivity index (χ0) is 12.5. The Morgan fingerprint density at radius 1 is 1.41 bits per heavy atom. The number of para-hydroxylation sites is 1. The van der Waals surface area contributed by atoms with Crippen molar-refractivity contribution in [1.29, 1.82) is 0 Å². The molecule has 17 heavy (non-hydrogen) atoms. The first kappa shape index (κ1) is 12.4. The molecule has 1 heterocycles. The second-order valence-electron chi connectivity index (χ2n) is 4.71. The molecule has 0 spiro atoms. The first-order valence-corrected chi connectivity index (χ1v) is 7.41. The third-order valence-corrected chi connectivity index (χ3v) is 4.97. The molecule has 1 atom stereocenters. The summed E-state index contributed by atoms with van der Waals surface area (Å²) >= 11 is 0. The topological polar surface area (TPSA) is 63.4 Å². The maximum Gasteiger partial charge on any atom is 0.218 e. The molecule has 1 saturated heterocycles. The van der Waals surface area contributed by atoms with E-state index >= 15 is 0 Å². The molecule has 0 aliphatic carbocycles. The van der Waals surface area contributed by atoms with E-state index in [9.17, 15) is 8.42 Å². The Hall–Kier alpha value is -1.07. The normalized spacial score (nSPS) is 21.8. The van der Waals surface area contributed by atoms with Gasteiger partial charge in [0.1, 0.15) is 0 Å². The van der Waals surface area contributed by atoms with Crippen LogP contribution in [0.1, 0.15) is 18.9 Å². The Kier molecular flexibility index (Phi) is 3.40. The molecule has 0 amide bonds. The summed E-state index contributed by atoms with van der Waals surface area (Å²) in [6.07, 6.45) is 0.948. The fraction of sp³-hybridized carbons (Fsp3) is 0.500. The number of anilines is 1. The average Bonchev–Trinajstić information content (AvgIpc) is 2.69. The van der Waals surface area contributed by atoms with Crippen LogP contribution in [0, 0.1) is 5.92 Å². The minimum absolute atomic E-state index is 0.00634. The zero-order valence-corrected chi connectivity index (χ0v) is 10.8. The Morgan fingerprint density at radius 2 is 2.12 bits per heavy atom. The van der Waals surface area contributed by atoms with Gasteiger partial charge in [-0.15, -0.1) is 0 Å². The van der Waals surface area contributed by atoms with Gasteiger partial charge in [0, 0.05) is 18.8 Å². The van der Waals surface area contributed by atoms with Crippen molar-refractivity contribution in [2.24, 2.45) is 5.92 Å². The van der Waals surface area contributed by atoms with Crippen LogP contribution in [0.3, 0.4) is 0 Å². The molecule has 1 aromatic carbocycles. The summed E-state index contributed by atoms with van der Waals surface area (Å²) in [5.74, 6) is 0.463. The van der Waals surface area contributed by atoms with E-state index in [0.29, 0.717) is 30.3 Å². The molecule has 1 aliphatic rings. The van der Waals surface area contributed by atoms with E-state index in [0.717, 1.165) is 6.42 Å². The van der Waals surface area contributed by atoms with Gasteiger partial charge in [0.2, 0.25) is 10.0 Å². The predicted molar refractivity (Wildman–Crippen MR) is 68.8 cm³/mol. The summed E-state index contributed by atoms with van der Waals surface area (Å²) in [6, 6.07) is 7.13. The van der Waals surface area contributed by atoms with Crippen LogP contribution in [0.4, 0.5) is 5.69 Å². The van der Waals surface area contributed by atoms with Gasteiger partial charge < -0.3 is 5.73 Å². The molecule has 0 aromatic heterocycles. The molecule has 1 fully saturated rings. The standard InChI is InChI=1S/C12H18N2O2S/c1-10-6-7-14(8-10)17(15,16)9-11-4-2-3-5-12(11)13/h2-5,10H,6-9,13H2,1H3. The van der Waals surface area contributed by atoms with Crippen LogP contribution in [0.25, 0.3) is 0 Å². The molecule has 1 unspecified atom stereocenters. The van der Waals surface area contributed by atoms with E-state index in [1.165, 1.54) is 0 Å². The van der Waals surface area contributed by atoms with Crippen molar-refractivity contribution >= 4 is 15.7 Å². The highest BCUT2D eigenvalue weighted by Gasteiger charge is 2.29. The number of hydrogen-bond donors (Lipinski definition) is 1. The SMILES string of the molecule is CC1CCN(S(=O)(=O)Cc2ccccc2N)C1. The minimum Gasteiger partial charge on any atom is -0.398 e. The van der Waals surface area contributed by atoms with Crippen molar-refractivity contribution in [2.75, 3.05) is 18.8 Å². The largest absolute Gasteiger partial charge is 0.398 e. The van der Waals surface area contributed by atoms with Gasteiger partial charge in [-0.1, -0.05) is 25.1 Å². The molecule has 2 rings (SSSR count). The fourth-order valence-electron chi connectivity index (χ4n) is 2.10. The molecule has 5 heteroatoms. The number of nitrogens with zero attached hydrogens (tertiary/aromatic N) is 1. The maximum absolute atomic E-state index is 12.2. The smallest absolute Gasteiger partial charge is 0.218 e. The first-order chi connectivity index (χ1) is 7.99. The molecule has 0 saturated carbocycles. The van der Waals surface area contributed by atoms with Gasteiger partial charge in [0.15, 0.2) is 0 Å². The molecular formula is C12H18N2O2S. The van der Waals surface area contributed by atoms with Gasteiger partial charge in [-0.2, -0.15) is 0 Å². The number of rotatable bonds is 3. The van der Waals surface area contributed by atoms with Gasteiger partial charge >= 0.3 is 0 Å². The minimum atomic E-state index is -3.22. The van der Waals surface area contributed by atoms with Crippen LogP contribution in [-0.2, 0) is 15.8 Å². The lowest BCUT2D eigenvalue weighted by Crippen LogP contribution is -2.30. The van der Waals surface area contributed by atoms with Gasteiger partial charge in [0.25, 0.3) is 0 Å². The molecule has 1 aromatic rings. The van der Waals surface area contributed by atoms with E-state index < -0.39 is 10.0 Å². The summed E-state index contributed by atoms with van der Waals surface area (Å²) < 4.78 is 25.9. The highest BCUT2D eigenvalue weighted by molar-refractivity contribution is 7.88. The summed E-state index contributed by atoms with van der Waals surface area (Å²) in [4.78, 5) is 0. The van der Waals surface area contributed by atoms with Crippen LogP contribution in [-0.4, -0.2) is 25.8 Å². The van der Waals surface area contributed by atoms with Crippen molar-refractivity contribution in [3.63, 3.8) is 0 Å². The molecular weight excluding hydrogens is 236 g/mol. The second kappa shape index (κ2) is 4.66. The van der Waals surface area contributed by atoms with Gasteiger partial charge in [-0.05, 0) is 24.0 Å². The number of benzene rings is 1. The lowest BCUT2D eigenvalue weighted by atomic mass is 10.2. The molecule has 4 nitrogen and oxygen atoms in total. The predicted octanol–water partition coefficient (Wildman–Crippen LogP) is 1.44. The van der Waals surface area contributed by atoms with Gasteiger partial charge in [0.05, 0.1) is 5.75 Å². The van der Waals surface area contributed by atoms with E-state index in [1.54, 1.807) is 16.4 Å².